The SMILES string of the molecule is CCCCCC[NH2+]Cc1cccc2ccccc12. The highest BCUT2D eigenvalue weighted by atomic mass is 14.8. The van der Waals surface area contributed by atoms with Gasteiger partial charge in [-0.2, -0.15) is 0 Å². The summed E-state index contributed by atoms with van der Waals surface area (Å²) in [4.78, 5) is 0. The normalized spacial score (nSPS) is 10.9. The zero-order valence-electron chi connectivity index (χ0n) is 11.4. The second kappa shape index (κ2) is 7.17. The third kappa shape index (κ3) is 3.58. The molecule has 0 heterocycles. The molecule has 0 atom stereocenters. The predicted molar refractivity (Wildman–Crippen MR) is 78.6 cm³/mol. The van der Waals surface area contributed by atoms with Crippen LogP contribution in [0.15, 0.2) is 42.5 Å². The van der Waals surface area contributed by atoms with Crippen LogP contribution >= 0.6 is 0 Å². The van der Waals surface area contributed by atoms with Gasteiger partial charge in [0.15, 0.2) is 0 Å². The molecule has 2 aromatic rings. The van der Waals surface area contributed by atoms with Crippen LogP contribution in [0.5, 0.6) is 0 Å². The number of benzene rings is 2. The molecule has 0 bridgehead atoms. The van der Waals surface area contributed by atoms with Crippen LogP contribution in [0.3, 0.4) is 0 Å². The average molecular weight is 242 g/mol. The van der Waals surface area contributed by atoms with Crippen LogP contribution in [0.2, 0.25) is 0 Å². The van der Waals surface area contributed by atoms with E-state index < -0.39 is 0 Å². The van der Waals surface area contributed by atoms with Crippen molar-refractivity contribution in [2.24, 2.45) is 0 Å². The van der Waals surface area contributed by atoms with Crippen molar-refractivity contribution in [1.82, 2.24) is 0 Å². The lowest BCUT2D eigenvalue weighted by Crippen LogP contribution is -2.82. The van der Waals surface area contributed by atoms with E-state index >= 15 is 0 Å². The maximum atomic E-state index is 2.44. The second-order valence-electron chi connectivity index (χ2n) is 4.98. The van der Waals surface area contributed by atoms with Gasteiger partial charge in [0.2, 0.25) is 0 Å². The van der Waals surface area contributed by atoms with Crippen LogP contribution < -0.4 is 5.32 Å². The van der Waals surface area contributed by atoms with E-state index in [4.69, 9.17) is 0 Å². The number of hydrogen-bond acceptors (Lipinski definition) is 0. The third-order valence-corrected chi connectivity index (χ3v) is 3.51. The topological polar surface area (TPSA) is 16.6 Å². The molecule has 2 aromatic carbocycles. The third-order valence-electron chi connectivity index (χ3n) is 3.51. The van der Waals surface area contributed by atoms with E-state index in [-0.39, 0.29) is 0 Å². The highest BCUT2D eigenvalue weighted by Crippen LogP contribution is 2.17. The van der Waals surface area contributed by atoms with Crippen LogP contribution in [0.1, 0.15) is 38.2 Å². The lowest BCUT2D eigenvalue weighted by Gasteiger charge is -2.06. The fraction of sp³-hybridized carbons (Fsp3) is 0.412. The molecule has 18 heavy (non-hydrogen) atoms. The maximum absolute atomic E-state index is 2.44. The Balaban J connectivity index is 1.88. The lowest BCUT2D eigenvalue weighted by atomic mass is 10.0. The molecule has 0 saturated heterocycles. The number of fused-ring (bicyclic) bond motifs is 1. The molecule has 0 amide bonds. The predicted octanol–water partition coefficient (Wildman–Crippen LogP) is 3.48. The summed E-state index contributed by atoms with van der Waals surface area (Å²) in [6.45, 7) is 4.62. The molecular formula is C17H24N+. The van der Waals surface area contributed by atoms with Gasteiger partial charge in [-0.3, -0.25) is 0 Å². The second-order valence-corrected chi connectivity index (χ2v) is 4.98. The van der Waals surface area contributed by atoms with Gasteiger partial charge in [-0.15, -0.1) is 0 Å². The van der Waals surface area contributed by atoms with Crippen molar-refractivity contribution in [1.29, 1.82) is 0 Å². The Hall–Kier alpha value is -1.34. The lowest BCUT2D eigenvalue weighted by molar-refractivity contribution is -0.670. The molecule has 0 aromatic heterocycles. The van der Waals surface area contributed by atoms with Crippen LogP contribution in [0.25, 0.3) is 10.8 Å². The highest BCUT2D eigenvalue weighted by Gasteiger charge is 2.01. The number of hydrogen-bond donors (Lipinski definition) is 1. The first kappa shape index (κ1) is 13.1. The molecule has 96 valence electrons. The van der Waals surface area contributed by atoms with Crippen molar-refractivity contribution in [3.63, 3.8) is 0 Å². The summed E-state index contributed by atoms with van der Waals surface area (Å²) in [5.41, 5.74) is 1.46. The van der Waals surface area contributed by atoms with Gasteiger partial charge >= 0.3 is 0 Å². The summed E-state index contributed by atoms with van der Waals surface area (Å²) in [6.07, 6.45) is 5.42. The van der Waals surface area contributed by atoms with Gasteiger partial charge in [0, 0.05) is 5.56 Å². The molecule has 0 unspecified atom stereocenters. The van der Waals surface area contributed by atoms with Crippen molar-refractivity contribution < 1.29 is 5.32 Å². The van der Waals surface area contributed by atoms with Gasteiger partial charge in [0.1, 0.15) is 6.54 Å². The zero-order valence-corrected chi connectivity index (χ0v) is 11.4. The molecule has 0 saturated carbocycles. The summed E-state index contributed by atoms with van der Waals surface area (Å²) in [6, 6.07) is 15.3. The largest absolute Gasteiger partial charge is 0.342 e. The van der Waals surface area contributed by atoms with Crippen LogP contribution in [-0.4, -0.2) is 6.54 Å². The Morgan fingerprint density at radius 2 is 1.72 bits per heavy atom. The molecule has 1 heteroatoms. The molecule has 0 aliphatic heterocycles. The Morgan fingerprint density at radius 1 is 0.889 bits per heavy atom. The van der Waals surface area contributed by atoms with Gasteiger partial charge in [-0.05, 0) is 23.6 Å². The summed E-state index contributed by atoms with van der Waals surface area (Å²) < 4.78 is 0. The van der Waals surface area contributed by atoms with E-state index in [1.165, 1.54) is 48.6 Å². The van der Waals surface area contributed by atoms with Crippen LogP contribution in [0, 0.1) is 0 Å². The molecular weight excluding hydrogens is 218 g/mol. The van der Waals surface area contributed by atoms with Crippen molar-refractivity contribution in [3.8, 4) is 0 Å². The van der Waals surface area contributed by atoms with E-state index in [0.717, 1.165) is 6.54 Å². The number of quaternary nitrogens is 1. The quantitative estimate of drug-likeness (QED) is 0.716. The molecule has 0 aliphatic rings. The molecule has 2 rings (SSSR count). The Labute approximate surface area is 110 Å². The summed E-state index contributed by atoms with van der Waals surface area (Å²) in [5.74, 6) is 0. The summed E-state index contributed by atoms with van der Waals surface area (Å²) in [5, 5.41) is 5.21. The molecule has 0 spiro atoms. The first-order valence-corrected chi connectivity index (χ1v) is 7.20. The van der Waals surface area contributed by atoms with Gasteiger partial charge < -0.3 is 5.32 Å². The fourth-order valence-electron chi connectivity index (χ4n) is 2.44. The first-order valence-electron chi connectivity index (χ1n) is 7.20. The Kier molecular flexibility index (Phi) is 5.22. The van der Waals surface area contributed by atoms with E-state index in [1.807, 2.05) is 0 Å². The average Bonchev–Trinajstić information content (AvgIpc) is 2.43. The minimum absolute atomic E-state index is 1.10. The number of rotatable bonds is 7. The Morgan fingerprint density at radius 3 is 2.61 bits per heavy atom. The number of unbranched alkanes of at least 4 members (excludes halogenated alkanes) is 3. The van der Waals surface area contributed by atoms with Gasteiger partial charge in [0.05, 0.1) is 6.54 Å². The molecule has 0 radical (unpaired) electrons. The van der Waals surface area contributed by atoms with Gasteiger partial charge in [0.25, 0.3) is 0 Å². The zero-order chi connectivity index (χ0) is 12.6. The van der Waals surface area contributed by atoms with Crippen molar-refractivity contribution >= 4 is 10.8 Å². The van der Waals surface area contributed by atoms with E-state index in [1.54, 1.807) is 0 Å². The monoisotopic (exact) mass is 242 g/mol. The maximum Gasteiger partial charge on any atom is 0.102 e. The minimum Gasteiger partial charge on any atom is -0.342 e. The Bertz CT molecular complexity index is 470. The summed E-state index contributed by atoms with van der Waals surface area (Å²) in [7, 11) is 0. The molecule has 0 fully saturated rings. The van der Waals surface area contributed by atoms with Gasteiger partial charge in [-0.25, -0.2) is 0 Å². The standard InChI is InChI=1S/C17H23N/c1-2-3-4-7-13-18-14-16-11-8-10-15-9-5-6-12-17(15)16/h5-6,8-12,18H,2-4,7,13-14H2,1H3/p+1. The molecule has 2 N–H and O–H groups in total. The first-order chi connectivity index (χ1) is 8.92. The number of nitrogens with two attached hydrogens (primary N) is 1. The molecule has 0 aliphatic carbocycles. The van der Waals surface area contributed by atoms with E-state index in [0.29, 0.717) is 0 Å². The fourth-order valence-corrected chi connectivity index (χ4v) is 2.44. The van der Waals surface area contributed by atoms with Crippen molar-refractivity contribution in [2.45, 2.75) is 39.2 Å². The summed E-state index contributed by atoms with van der Waals surface area (Å²) >= 11 is 0. The smallest absolute Gasteiger partial charge is 0.102 e. The van der Waals surface area contributed by atoms with Crippen LogP contribution in [-0.2, 0) is 6.54 Å². The molecule has 1 nitrogen and oxygen atoms in total. The van der Waals surface area contributed by atoms with Crippen molar-refractivity contribution in [2.75, 3.05) is 6.54 Å². The van der Waals surface area contributed by atoms with E-state index in [2.05, 4.69) is 54.7 Å². The van der Waals surface area contributed by atoms with Gasteiger partial charge in [-0.1, -0.05) is 62.2 Å². The van der Waals surface area contributed by atoms with Crippen LogP contribution in [0.4, 0.5) is 0 Å². The minimum atomic E-state index is 1.10. The van der Waals surface area contributed by atoms with E-state index in [9.17, 15) is 0 Å². The van der Waals surface area contributed by atoms with Crippen molar-refractivity contribution in [3.05, 3.63) is 48.0 Å². The highest BCUT2D eigenvalue weighted by molar-refractivity contribution is 5.85.